The predicted octanol–water partition coefficient (Wildman–Crippen LogP) is 5.31. The van der Waals surface area contributed by atoms with E-state index in [1.807, 2.05) is 30.3 Å². The third-order valence-corrected chi connectivity index (χ3v) is 6.48. The molecule has 0 amide bonds. The molecule has 3 nitrogen and oxygen atoms in total. The van der Waals surface area contributed by atoms with Gasteiger partial charge in [0.1, 0.15) is 5.75 Å². The van der Waals surface area contributed by atoms with Crippen LogP contribution in [0.1, 0.15) is 40.9 Å². The van der Waals surface area contributed by atoms with Crippen molar-refractivity contribution in [3.05, 3.63) is 95.1 Å². The molecular weight excluding hydrogens is 379 g/mol. The number of para-hydroxylation sites is 1. The molecule has 0 aromatic heterocycles. The molecule has 29 heavy (non-hydrogen) atoms. The van der Waals surface area contributed by atoms with Gasteiger partial charge in [-0.05, 0) is 16.4 Å². The molecule has 0 saturated carbocycles. The highest BCUT2D eigenvalue weighted by Gasteiger charge is 2.27. The third-order valence-electron chi connectivity index (χ3n) is 4.86. The maximum absolute atomic E-state index is 11.5. The summed E-state index contributed by atoms with van der Waals surface area (Å²) in [4.78, 5) is 11.5. The molecule has 0 aliphatic rings. The predicted molar refractivity (Wildman–Crippen MR) is 121 cm³/mol. The number of ether oxygens (including phenoxy) is 2. The average molecular weight is 406 g/mol. The summed E-state index contributed by atoms with van der Waals surface area (Å²) in [7, 11) is 2.06. The zero-order chi connectivity index (χ0) is 20.7. The number of hydrogen-bond acceptors (Lipinski definition) is 3. The maximum Gasteiger partial charge on any atom is 0.188 e. The second-order valence-corrected chi connectivity index (χ2v) is 9.50. The van der Waals surface area contributed by atoms with Crippen LogP contribution in [0.2, 0.25) is 0 Å². The fourth-order valence-corrected chi connectivity index (χ4v) is 4.91. The molecule has 150 valence electrons. The van der Waals surface area contributed by atoms with Gasteiger partial charge in [0.05, 0.1) is 0 Å². The van der Waals surface area contributed by atoms with Gasteiger partial charge < -0.3 is 9.47 Å². The van der Waals surface area contributed by atoms with E-state index in [2.05, 4.69) is 56.3 Å². The van der Waals surface area contributed by atoms with Gasteiger partial charge in [0, 0.05) is 29.8 Å². The highest BCUT2D eigenvalue weighted by atomic mass is 31.1. The molecule has 3 aromatic rings. The largest absolute Gasteiger partial charge is 0.467 e. The Morgan fingerprint density at radius 3 is 2.38 bits per heavy atom. The molecule has 1 unspecified atom stereocenters. The molecule has 3 rings (SSSR count). The summed E-state index contributed by atoms with van der Waals surface area (Å²) >= 11 is 0. The van der Waals surface area contributed by atoms with Crippen molar-refractivity contribution in [2.45, 2.75) is 25.4 Å². The summed E-state index contributed by atoms with van der Waals surface area (Å²) in [5, 5.41) is 0.869. The summed E-state index contributed by atoms with van der Waals surface area (Å²) in [6.45, 7) is 4.60. The molecule has 1 atom stereocenters. The lowest BCUT2D eigenvalue weighted by atomic mass is 9.95. The van der Waals surface area contributed by atoms with E-state index in [9.17, 15) is 4.79 Å². The zero-order valence-corrected chi connectivity index (χ0v) is 18.1. The highest BCUT2D eigenvalue weighted by Crippen LogP contribution is 2.46. The molecule has 3 aromatic carbocycles. The van der Waals surface area contributed by atoms with Gasteiger partial charge in [0.15, 0.2) is 13.1 Å². The van der Waals surface area contributed by atoms with Crippen molar-refractivity contribution >= 4 is 20.2 Å². The number of carbonyl (C=O) groups is 1. The summed E-state index contributed by atoms with van der Waals surface area (Å²) in [6, 6.07) is 24.5. The second-order valence-electron chi connectivity index (χ2n) is 7.46. The van der Waals surface area contributed by atoms with Gasteiger partial charge in [0.2, 0.25) is 0 Å². The van der Waals surface area contributed by atoms with E-state index in [4.69, 9.17) is 9.47 Å². The first-order valence-electron chi connectivity index (χ1n) is 9.65. The monoisotopic (exact) mass is 406 g/mol. The number of rotatable bonds is 9. The molecule has 0 saturated heterocycles. The lowest BCUT2D eigenvalue weighted by Crippen LogP contribution is -2.19. The van der Waals surface area contributed by atoms with Crippen LogP contribution in [0.25, 0.3) is 0 Å². The minimum atomic E-state index is -0.200. The van der Waals surface area contributed by atoms with Crippen LogP contribution >= 0.6 is 8.58 Å². The SMILES string of the molecule is COCOc1c(Cc2ccccc2)cccc1C(C)(C)Pc1ccccc1C=O. The van der Waals surface area contributed by atoms with Crippen LogP contribution in [-0.4, -0.2) is 20.2 Å². The molecule has 0 heterocycles. The van der Waals surface area contributed by atoms with Gasteiger partial charge in [-0.2, -0.15) is 0 Å². The molecule has 0 bridgehead atoms. The van der Waals surface area contributed by atoms with E-state index in [-0.39, 0.29) is 11.9 Å². The minimum Gasteiger partial charge on any atom is -0.467 e. The quantitative estimate of drug-likeness (QED) is 0.274. The smallest absolute Gasteiger partial charge is 0.188 e. The molecule has 4 heteroatoms. The Hall–Kier alpha value is -2.48. The average Bonchev–Trinajstić information content (AvgIpc) is 2.73. The topological polar surface area (TPSA) is 35.5 Å². The van der Waals surface area contributed by atoms with Crippen LogP contribution < -0.4 is 10.0 Å². The normalized spacial score (nSPS) is 11.7. The van der Waals surface area contributed by atoms with Crippen molar-refractivity contribution < 1.29 is 14.3 Å². The van der Waals surface area contributed by atoms with Crippen LogP contribution in [0.15, 0.2) is 72.8 Å². The van der Waals surface area contributed by atoms with Crippen molar-refractivity contribution in [3.8, 4) is 5.75 Å². The summed E-state index contributed by atoms with van der Waals surface area (Å²) in [5.74, 6) is 0.874. The van der Waals surface area contributed by atoms with E-state index < -0.39 is 0 Å². The van der Waals surface area contributed by atoms with E-state index in [0.29, 0.717) is 8.58 Å². The lowest BCUT2D eigenvalue weighted by molar-refractivity contribution is 0.0495. The van der Waals surface area contributed by atoms with E-state index in [1.54, 1.807) is 7.11 Å². The van der Waals surface area contributed by atoms with Gasteiger partial charge in [-0.25, -0.2) is 0 Å². The molecule has 0 aliphatic carbocycles. The van der Waals surface area contributed by atoms with Crippen molar-refractivity contribution in [2.75, 3.05) is 13.9 Å². The molecule has 0 aliphatic heterocycles. The Balaban J connectivity index is 2.00. The van der Waals surface area contributed by atoms with Crippen LogP contribution in [0.3, 0.4) is 0 Å². The van der Waals surface area contributed by atoms with Crippen LogP contribution in [0.5, 0.6) is 5.75 Å². The Kier molecular flexibility index (Phi) is 7.19. The van der Waals surface area contributed by atoms with E-state index in [0.717, 1.165) is 40.5 Å². The second kappa shape index (κ2) is 9.82. The fraction of sp³-hybridized carbons (Fsp3) is 0.240. The van der Waals surface area contributed by atoms with Gasteiger partial charge >= 0.3 is 0 Å². The number of hydrogen-bond donors (Lipinski definition) is 0. The first-order chi connectivity index (χ1) is 14.0. The van der Waals surface area contributed by atoms with E-state index >= 15 is 0 Å². The first kappa shape index (κ1) is 21.2. The molecule has 0 radical (unpaired) electrons. The van der Waals surface area contributed by atoms with Gasteiger partial charge in [0.25, 0.3) is 0 Å². The maximum atomic E-state index is 11.5. The first-order valence-corrected chi connectivity index (χ1v) is 10.7. The Morgan fingerprint density at radius 1 is 0.931 bits per heavy atom. The Bertz CT molecular complexity index is 951. The van der Waals surface area contributed by atoms with Gasteiger partial charge in [-0.1, -0.05) is 95.2 Å². The summed E-state index contributed by atoms with van der Waals surface area (Å²) in [6.07, 6.45) is 1.73. The molecule has 0 spiro atoms. The minimum absolute atomic E-state index is 0.197. The van der Waals surface area contributed by atoms with Crippen LogP contribution in [-0.2, 0) is 16.3 Å². The molecule has 0 N–H and O–H groups in total. The Morgan fingerprint density at radius 2 is 1.66 bits per heavy atom. The fourth-order valence-electron chi connectivity index (χ4n) is 3.44. The third kappa shape index (κ3) is 5.32. The zero-order valence-electron chi connectivity index (χ0n) is 17.1. The summed E-state index contributed by atoms with van der Waals surface area (Å²) in [5.41, 5.74) is 4.24. The van der Waals surface area contributed by atoms with Gasteiger partial charge in [-0.15, -0.1) is 0 Å². The molecular formula is C25H27O3P. The van der Waals surface area contributed by atoms with Crippen LogP contribution in [0.4, 0.5) is 0 Å². The number of benzene rings is 3. The lowest BCUT2D eigenvalue weighted by Gasteiger charge is -2.29. The number of carbonyl (C=O) groups excluding carboxylic acids is 1. The molecule has 0 fully saturated rings. The van der Waals surface area contributed by atoms with Crippen LogP contribution in [0, 0.1) is 0 Å². The number of methoxy groups -OCH3 is 1. The van der Waals surface area contributed by atoms with Gasteiger partial charge in [-0.3, -0.25) is 4.79 Å². The van der Waals surface area contributed by atoms with Crippen molar-refractivity contribution in [3.63, 3.8) is 0 Å². The van der Waals surface area contributed by atoms with Crippen molar-refractivity contribution in [2.24, 2.45) is 0 Å². The van der Waals surface area contributed by atoms with Crippen molar-refractivity contribution in [1.29, 1.82) is 0 Å². The standard InChI is InChI=1S/C25H27O3P/c1-25(2,29-23-15-8-7-12-21(23)17-26)22-14-9-13-20(24(22)28-18-27-3)16-19-10-5-4-6-11-19/h4-15,17,29H,16,18H2,1-3H3. The Labute approximate surface area is 174 Å². The van der Waals surface area contributed by atoms with E-state index in [1.165, 1.54) is 5.56 Å². The summed E-state index contributed by atoms with van der Waals surface area (Å²) < 4.78 is 11.3. The highest BCUT2D eigenvalue weighted by molar-refractivity contribution is 7.48. The number of aldehydes is 1. The van der Waals surface area contributed by atoms with Crippen molar-refractivity contribution in [1.82, 2.24) is 0 Å².